The molecule has 0 aliphatic carbocycles. The molecule has 0 N–H and O–H groups in total. The minimum Gasteiger partial charge on any atom is -0.465 e. The lowest BCUT2D eigenvalue weighted by Crippen LogP contribution is -2.20. The van der Waals surface area contributed by atoms with E-state index in [2.05, 4.69) is 0 Å². The number of fused-ring (bicyclic) bond motifs is 1. The van der Waals surface area contributed by atoms with Crippen LogP contribution in [-0.4, -0.2) is 18.0 Å². The van der Waals surface area contributed by atoms with Gasteiger partial charge in [0.15, 0.2) is 0 Å². The first-order valence-corrected chi connectivity index (χ1v) is 6.43. The van der Waals surface area contributed by atoms with Crippen LogP contribution in [0.25, 0.3) is 10.8 Å². The van der Waals surface area contributed by atoms with Crippen molar-refractivity contribution in [1.29, 1.82) is 0 Å². The van der Waals surface area contributed by atoms with Crippen LogP contribution in [0.4, 0.5) is 0 Å². The SMILES string of the molecule is CCOC(=O)[C@@H](Cl)Cc1cccc2ccccc12. The van der Waals surface area contributed by atoms with Crippen LogP contribution >= 0.6 is 11.6 Å². The molecule has 2 aromatic carbocycles. The number of benzene rings is 2. The van der Waals surface area contributed by atoms with Gasteiger partial charge in [-0.2, -0.15) is 0 Å². The second-order valence-electron chi connectivity index (χ2n) is 4.06. The maximum atomic E-state index is 11.5. The Morgan fingerprint density at radius 1 is 1.22 bits per heavy atom. The molecule has 2 nitrogen and oxygen atoms in total. The highest BCUT2D eigenvalue weighted by molar-refractivity contribution is 6.30. The molecule has 2 rings (SSSR count). The third-order valence-electron chi connectivity index (χ3n) is 2.82. The van der Waals surface area contributed by atoms with Crippen LogP contribution in [0, 0.1) is 0 Å². The zero-order chi connectivity index (χ0) is 13.0. The second kappa shape index (κ2) is 5.87. The number of carbonyl (C=O) groups excluding carboxylic acids is 1. The smallest absolute Gasteiger partial charge is 0.324 e. The third kappa shape index (κ3) is 2.82. The molecule has 0 bridgehead atoms. The molecule has 0 unspecified atom stereocenters. The van der Waals surface area contributed by atoms with Crippen LogP contribution in [0.2, 0.25) is 0 Å². The van der Waals surface area contributed by atoms with Crippen LogP contribution in [0.1, 0.15) is 12.5 Å². The van der Waals surface area contributed by atoms with E-state index in [0.29, 0.717) is 13.0 Å². The van der Waals surface area contributed by atoms with Crippen molar-refractivity contribution in [3.63, 3.8) is 0 Å². The minimum absolute atomic E-state index is 0.355. The van der Waals surface area contributed by atoms with Crippen LogP contribution in [-0.2, 0) is 16.0 Å². The predicted molar refractivity (Wildman–Crippen MR) is 73.9 cm³/mol. The van der Waals surface area contributed by atoms with Crippen molar-refractivity contribution < 1.29 is 9.53 Å². The molecule has 0 aliphatic rings. The number of carbonyl (C=O) groups is 1. The lowest BCUT2D eigenvalue weighted by Gasteiger charge is -2.10. The molecular formula is C15H15ClO2. The average Bonchev–Trinajstić information content (AvgIpc) is 2.39. The Hall–Kier alpha value is -1.54. The monoisotopic (exact) mass is 262 g/mol. The molecule has 0 saturated heterocycles. The van der Waals surface area contributed by atoms with Crippen molar-refractivity contribution in [3.05, 3.63) is 48.0 Å². The summed E-state index contributed by atoms with van der Waals surface area (Å²) < 4.78 is 4.92. The van der Waals surface area contributed by atoms with Crippen LogP contribution < -0.4 is 0 Å². The van der Waals surface area contributed by atoms with E-state index < -0.39 is 5.38 Å². The van der Waals surface area contributed by atoms with Crippen LogP contribution in [0.15, 0.2) is 42.5 Å². The molecule has 0 heterocycles. The Morgan fingerprint density at radius 2 is 1.94 bits per heavy atom. The first kappa shape index (κ1) is 12.9. The molecule has 0 saturated carbocycles. The highest BCUT2D eigenvalue weighted by Crippen LogP contribution is 2.21. The van der Waals surface area contributed by atoms with E-state index >= 15 is 0 Å². The van der Waals surface area contributed by atoms with Crippen LogP contribution in [0.5, 0.6) is 0 Å². The summed E-state index contributed by atoms with van der Waals surface area (Å²) in [7, 11) is 0. The van der Waals surface area contributed by atoms with Crippen molar-refractivity contribution in [2.24, 2.45) is 0 Å². The van der Waals surface area contributed by atoms with Crippen molar-refractivity contribution >= 4 is 28.3 Å². The molecule has 0 aliphatic heterocycles. The van der Waals surface area contributed by atoms with Gasteiger partial charge < -0.3 is 4.74 Å². The van der Waals surface area contributed by atoms with E-state index in [0.717, 1.165) is 16.3 Å². The van der Waals surface area contributed by atoms with E-state index in [4.69, 9.17) is 16.3 Å². The van der Waals surface area contributed by atoms with Gasteiger partial charge in [-0.1, -0.05) is 42.5 Å². The van der Waals surface area contributed by atoms with Crippen molar-refractivity contribution in [1.82, 2.24) is 0 Å². The highest BCUT2D eigenvalue weighted by Gasteiger charge is 2.17. The normalized spacial score (nSPS) is 12.3. The summed E-state index contributed by atoms with van der Waals surface area (Å²) in [6.07, 6.45) is 0.488. The van der Waals surface area contributed by atoms with Gasteiger partial charge in [-0.15, -0.1) is 11.6 Å². The molecule has 94 valence electrons. The fourth-order valence-electron chi connectivity index (χ4n) is 1.98. The van der Waals surface area contributed by atoms with E-state index in [-0.39, 0.29) is 5.97 Å². The summed E-state index contributed by atoms with van der Waals surface area (Å²) in [5, 5.41) is 1.66. The standard InChI is InChI=1S/C15H15ClO2/c1-2-18-15(17)14(16)10-12-8-5-7-11-6-3-4-9-13(11)12/h3-9,14H,2,10H2,1H3/t14-/m0/s1. The zero-order valence-electron chi connectivity index (χ0n) is 10.2. The van der Waals surface area contributed by atoms with Crippen LogP contribution in [0.3, 0.4) is 0 Å². The summed E-state index contributed by atoms with van der Waals surface area (Å²) in [6.45, 7) is 2.14. The van der Waals surface area contributed by atoms with Gasteiger partial charge in [0.25, 0.3) is 0 Å². The third-order valence-corrected chi connectivity index (χ3v) is 3.15. The zero-order valence-corrected chi connectivity index (χ0v) is 11.0. The van der Waals surface area contributed by atoms with Gasteiger partial charge in [-0.05, 0) is 23.3 Å². The summed E-state index contributed by atoms with van der Waals surface area (Å²) in [5.74, 6) is -0.355. The fourth-order valence-corrected chi connectivity index (χ4v) is 2.21. The minimum atomic E-state index is -0.629. The maximum Gasteiger partial charge on any atom is 0.324 e. The summed E-state index contributed by atoms with van der Waals surface area (Å²) in [4.78, 5) is 11.5. The summed E-state index contributed by atoms with van der Waals surface area (Å²) in [5.41, 5.74) is 1.07. The molecule has 0 aromatic heterocycles. The Labute approximate surface area is 112 Å². The topological polar surface area (TPSA) is 26.3 Å². The largest absolute Gasteiger partial charge is 0.465 e. The lowest BCUT2D eigenvalue weighted by atomic mass is 10.0. The Bertz CT molecular complexity index is 546. The Morgan fingerprint density at radius 3 is 2.72 bits per heavy atom. The van der Waals surface area contributed by atoms with Gasteiger partial charge in [-0.3, -0.25) is 4.79 Å². The first-order chi connectivity index (χ1) is 8.72. The molecule has 1 atom stereocenters. The number of hydrogen-bond donors (Lipinski definition) is 0. The molecule has 2 aromatic rings. The fraction of sp³-hybridized carbons (Fsp3) is 0.267. The number of ether oxygens (including phenoxy) is 1. The molecule has 18 heavy (non-hydrogen) atoms. The van der Waals surface area contributed by atoms with Gasteiger partial charge in [0.2, 0.25) is 0 Å². The van der Waals surface area contributed by atoms with E-state index in [1.54, 1.807) is 6.92 Å². The van der Waals surface area contributed by atoms with E-state index in [9.17, 15) is 4.79 Å². The molecular weight excluding hydrogens is 248 g/mol. The number of hydrogen-bond acceptors (Lipinski definition) is 2. The predicted octanol–water partition coefficient (Wildman–Crippen LogP) is 3.55. The quantitative estimate of drug-likeness (QED) is 0.622. The van der Waals surface area contributed by atoms with Crippen molar-refractivity contribution in [2.75, 3.05) is 6.61 Å². The van der Waals surface area contributed by atoms with Crippen molar-refractivity contribution in [2.45, 2.75) is 18.7 Å². The maximum absolute atomic E-state index is 11.5. The summed E-state index contributed by atoms with van der Waals surface area (Å²) >= 11 is 6.07. The number of esters is 1. The first-order valence-electron chi connectivity index (χ1n) is 5.99. The summed E-state index contributed by atoms with van der Waals surface area (Å²) in [6, 6.07) is 14.1. The van der Waals surface area contributed by atoms with Gasteiger partial charge in [0.05, 0.1) is 6.61 Å². The van der Waals surface area contributed by atoms with Gasteiger partial charge in [-0.25, -0.2) is 0 Å². The van der Waals surface area contributed by atoms with Gasteiger partial charge >= 0.3 is 5.97 Å². The molecule has 0 fully saturated rings. The number of halogens is 1. The van der Waals surface area contributed by atoms with E-state index in [1.165, 1.54) is 0 Å². The Kier molecular flexibility index (Phi) is 4.21. The number of alkyl halides is 1. The molecule has 0 spiro atoms. The second-order valence-corrected chi connectivity index (χ2v) is 4.59. The van der Waals surface area contributed by atoms with E-state index in [1.807, 2.05) is 42.5 Å². The van der Waals surface area contributed by atoms with Crippen molar-refractivity contribution in [3.8, 4) is 0 Å². The van der Waals surface area contributed by atoms with Gasteiger partial charge in [0.1, 0.15) is 5.38 Å². The molecule has 0 amide bonds. The Balaban J connectivity index is 2.24. The molecule has 0 radical (unpaired) electrons. The number of rotatable bonds is 4. The van der Waals surface area contributed by atoms with Gasteiger partial charge in [0, 0.05) is 6.42 Å². The molecule has 3 heteroatoms. The average molecular weight is 263 g/mol. The highest BCUT2D eigenvalue weighted by atomic mass is 35.5. The lowest BCUT2D eigenvalue weighted by molar-refractivity contribution is -0.142.